The second-order valence-corrected chi connectivity index (χ2v) is 7.21. The summed E-state index contributed by atoms with van der Waals surface area (Å²) in [7, 11) is 0. The summed E-state index contributed by atoms with van der Waals surface area (Å²) in [6.45, 7) is 4.74. The van der Waals surface area contributed by atoms with Gasteiger partial charge in [-0.15, -0.1) is 0 Å². The van der Waals surface area contributed by atoms with Crippen molar-refractivity contribution >= 4 is 17.8 Å². The van der Waals surface area contributed by atoms with Crippen molar-refractivity contribution in [2.45, 2.75) is 52.4 Å². The molecular formula is C15H22N2O3. The molecule has 20 heavy (non-hydrogen) atoms. The summed E-state index contributed by atoms with van der Waals surface area (Å²) >= 11 is 0. The van der Waals surface area contributed by atoms with Crippen LogP contribution < -0.4 is 5.32 Å². The van der Waals surface area contributed by atoms with Crippen LogP contribution in [0.25, 0.3) is 0 Å². The predicted molar refractivity (Wildman–Crippen MR) is 72.7 cm³/mol. The summed E-state index contributed by atoms with van der Waals surface area (Å²) < 4.78 is 0. The highest BCUT2D eigenvalue weighted by Gasteiger charge is 2.56. The van der Waals surface area contributed by atoms with Crippen molar-refractivity contribution in [3.63, 3.8) is 0 Å². The van der Waals surface area contributed by atoms with Gasteiger partial charge in [-0.05, 0) is 30.6 Å². The fraction of sp³-hybridized carbons (Fsp3) is 0.800. The normalized spacial score (nSPS) is 31.4. The molecule has 0 aromatic heterocycles. The zero-order valence-corrected chi connectivity index (χ0v) is 12.2. The molecule has 2 aliphatic carbocycles. The number of carbonyl (C=O) groups is 3. The first-order chi connectivity index (χ1) is 9.37. The summed E-state index contributed by atoms with van der Waals surface area (Å²) in [5, 5.41) is 2.41. The molecule has 3 rings (SSSR count). The smallest absolute Gasteiger partial charge is 0.277 e. The molecule has 1 spiro atoms. The van der Waals surface area contributed by atoms with Crippen molar-refractivity contribution in [3.8, 4) is 0 Å². The van der Waals surface area contributed by atoms with E-state index in [1.807, 2.05) is 0 Å². The van der Waals surface area contributed by atoms with E-state index in [-0.39, 0.29) is 17.2 Å². The van der Waals surface area contributed by atoms with Crippen LogP contribution in [0.3, 0.4) is 0 Å². The molecule has 1 saturated heterocycles. The molecule has 3 aliphatic rings. The second-order valence-electron chi connectivity index (χ2n) is 7.21. The molecule has 0 bridgehead atoms. The molecule has 1 unspecified atom stereocenters. The molecule has 1 N–H and O–H groups in total. The van der Waals surface area contributed by atoms with Gasteiger partial charge < -0.3 is 0 Å². The summed E-state index contributed by atoms with van der Waals surface area (Å²) in [5.74, 6) is -0.266. The first-order valence-corrected chi connectivity index (χ1v) is 7.54. The van der Waals surface area contributed by atoms with Crippen molar-refractivity contribution < 1.29 is 14.4 Å². The van der Waals surface area contributed by atoms with Gasteiger partial charge in [-0.25, -0.2) is 4.79 Å². The molecule has 0 aromatic rings. The maximum Gasteiger partial charge on any atom is 0.330 e. The van der Waals surface area contributed by atoms with Crippen molar-refractivity contribution in [3.05, 3.63) is 0 Å². The number of imide groups is 2. The molecule has 4 amide bonds. The number of amides is 4. The van der Waals surface area contributed by atoms with Gasteiger partial charge in [-0.1, -0.05) is 33.1 Å². The third kappa shape index (κ3) is 1.95. The van der Waals surface area contributed by atoms with Crippen LogP contribution in [-0.4, -0.2) is 29.3 Å². The van der Waals surface area contributed by atoms with E-state index in [0.29, 0.717) is 25.3 Å². The Balaban J connectivity index is 1.81. The first kappa shape index (κ1) is 13.6. The molecule has 5 heteroatoms. The quantitative estimate of drug-likeness (QED) is 0.786. The minimum atomic E-state index is -0.967. The number of carbonyl (C=O) groups excluding carboxylic acids is 3. The number of hydrogen-bond donors (Lipinski definition) is 1. The lowest BCUT2D eigenvalue weighted by molar-refractivity contribution is -0.154. The minimum Gasteiger partial charge on any atom is -0.277 e. The highest BCUT2D eigenvalue weighted by atomic mass is 16.2. The third-order valence-corrected chi connectivity index (χ3v) is 5.38. The lowest BCUT2D eigenvalue weighted by Crippen LogP contribution is -2.64. The van der Waals surface area contributed by atoms with Crippen molar-refractivity contribution in [2.75, 3.05) is 6.54 Å². The SMILES string of the molecule is CC1(C)CC1CN1C(=O)NC(=O)C2(CCCCC2)C1=O. The van der Waals surface area contributed by atoms with E-state index >= 15 is 0 Å². The maximum atomic E-state index is 12.7. The number of barbiturate groups is 1. The molecule has 1 aliphatic heterocycles. The number of hydrogen-bond acceptors (Lipinski definition) is 3. The summed E-state index contributed by atoms with van der Waals surface area (Å²) in [6.07, 6.45) is 5.02. The van der Waals surface area contributed by atoms with E-state index in [9.17, 15) is 14.4 Å². The summed E-state index contributed by atoms with van der Waals surface area (Å²) in [5.41, 5.74) is -0.757. The third-order valence-electron chi connectivity index (χ3n) is 5.38. The van der Waals surface area contributed by atoms with Crippen molar-refractivity contribution in [1.82, 2.24) is 10.2 Å². The van der Waals surface area contributed by atoms with Gasteiger partial charge in [0.1, 0.15) is 5.41 Å². The largest absolute Gasteiger partial charge is 0.330 e. The van der Waals surface area contributed by atoms with Crippen LogP contribution in [0.4, 0.5) is 4.79 Å². The highest BCUT2D eigenvalue weighted by Crippen LogP contribution is 2.52. The van der Waals surface area contributed by atoms with Crippen LogP contribution >= 0.6 is 0 Å². The van der Waals surface area contributed by atoms with Crippen LogP contribution in [0, 0.1) is 16.7 Å². The van der Waals surface area contributed by atoms with Gasteiger partial charge in [0.15, 0.2) is 0 Å². The van der Waals surface area contributed by atoms with Crippen LogP contribution in [-0.2, 0) is 9.59 Å². The van der Waals surface area contributed by atoms with Crippen LogP contribution in [0.1, 0.15) is 52.4 Å². The fourth-order valence-corrected chi connectivity index (χ4v) is 3.60. The van der Waals surface area contributed by atoms with Gasteiger partial charge in [0, 0.05) is 6.54 Å². The van der Waals surface area contributed by atoms with Gasteiger partial charge in [0.2, 0.25) is 11.8 Å². The second kappa shape index (κ2) is 4.30. The Labute approximate surface area is 119 Å². The van der Waals surface area contributed by atoms with Gasteiger partial charge in [-0.3, -0.25) is 19.8 Å². The zero-order valence-electron chi connectivity index (χ0n) is 12.2. The van der Waals surface area contributed by atoms with E-state index in [1.54, 1.807) is 0 Å². The minimum absolute atomic E-state index is 0.210. The Morgan fingerprint density at radius 2 is 1.75 bits per heavy atom. The number of nitrogens with one attached hydrogen (secondary N) is 1. The van der Waals surface area contributed by atoms with Crippen LogP contribution in [0.15, 0.2) is 0 Å². The van der Waals surface area contributed by atoms with Gasteiger partial charge in [0.05, 0.1) is 0 Å². The first-order valence-electron chi connectivity index (χ1n) is 7.54. The van der Waals surface area contributed by atoms with E-state index in [1.165, 1.54) is 4.90 Å². The zero-order chi connectivity index (χ0) is 14.5. The van der Waals surface area contributed by atoms with Crippen molar-refractivity contribution in [1.29, 1.82) is 0 Å². The Hall–Kier alpha value is -1.39. The van der Waals surface area contributed by atoms with Crippen molar-refractivity contribution in [2.24, 2.45) is 16.7 Å². The van der Waals surface area contributed by atoms with Crippen LogP contribution in [0.2, 0.25) is 0 Å². The Kier molecular flexibility index (Phi) is 2.92. The molecule has 2 saturated carbocycles. The van der Waals surface area contributed by atoms with E-state index < -0.39 is 11.4 Å². The Morgan fingerprint density at radius 1 is 1.15 bits per heavy atom. The van der Waals surface area contributed by atoms with E-state index in [2.05, 4.69) is 19.2 Å². The number of rotatable bonds is 2. The lowest BCUT2D eigenvalue weighted by atomic mass is 9.71. The monoisotopic (exact) mass is 278 g/mol. The topological polar surface area (TPSA) is 66.5 Å². The molecule has 0 radical (unpaired) electrons. The Bertz CT molecular complexity index is 478. The standard InChI is InChI=1S/C15H22N2O3/c1-14(2)8-10(14)9-17-12(19)15(6-4-3-5-7-15)11(18)16-13(17)20/h10H,3-9H2,1-2H3,(H,16,18,20). The molecule has 0 aromatic carbocycles. The molecule has 1 atom stereocenters. The van der Waals surface area contributed by atoms with E-state index in [0.717, 1.165) is 25.7 Å². The lowest BCUT2D eigenvalue weighted by Gasteiger charge is -2.41. The van der Waals surface area contributed by atoms with Gasteiger partial charge >= 0.3 is 6.03 Å². The average Bonchev–Trinajstić information content (AvgIpc) is 3.01. The van der Waals surface area contributed by atoms with Gasteiger partial charge in [-0.2, -0.15) is 0 Å². The molecule has 5 nitrogen and oxygen atoms in total. The van der Waals surface area contributed by atoms with Gasteiger partial charge in [0.25, 0.3) is 0 Å². The number of nitrogens with zero attached hydrogens (tertiary/aromatic N) is 1. The molecular weight excluding hydrogens is 256 g/mol. The summed E-state index contributed by atoms with van der Waals surface area (Å²) in [4.78, 5) is 38.2. The predicted octanol–water partition coefficient (Wildman–Crippen LogP) is 2.06. The van der Waals surface area contributed by atoms with Crippen LogP contribution in [0.5, 0.6) is 0 Å². The molecule has 110 valence electrons. The maximum absolute atomic E-state index is 12.7. The molecule has 3 fully saturated rings. The Morgan fingerprint density at radius 3 is 2.30 bits per heavy atom. The highest BCUT2D eigenvalue weighted by molar-refractivity contribution is 6.19. The fourth-order valence-electron chi connectivity index (χ4n) is 3.60. The summed E-state index contributed by atoms with van der Waals surface area (Å²) in [6, 6.07) is -0.529. The van der Waals surface area contributed by atoms with E-state index in [4.69, 9.17) is 0 Å². The average molecular weight is 278 g/mol. The number of urea groups is 1. The molecule has 1 heterocycles.